The van der Waals surface area contributed by atoms with Crippen LogP contribution in [0.1, 0.15) is 47.4 Å². The van der Waals surface area contributed by atoms with Crippen LogP contribution in [0.3, 0.4) is 0 Å². The van der Waals surface area contributed by atoms with Crippen molar-refractivity contribution in [2.45, 2.75) is 32.7 Å². The van der Waals surface area contributed by atoms with E-state index in [4.69, 9.17) is 14.2 Å². The number of rotatable bonds is 8. The number of carbonyl (C=O) groups excluding carboxylic acids is 3. The fourth-order valence-corrected chi connectivity index (χ4v) is 4.45. The Balaban J connectivity index is 1.44. The molecule has 1 fully saturated rings. The maximum atomic E-state index is 13.1. The van der Waals surface area contributed by atoms with Crippen molar-refractivity contribution in [2.75, 3.05) is 33.5 Å². The summed E-state index contributed by atoms with van der Waals surface area (Å²) in [4.78, 5) is 41.0. The molecule has 0 bridgehead atoms. The minimum Gasteiger partial charge on any atom is -0.497 e. The van der Waals surface area contributed by atoms with Crippen LogP contribution in [0.15, 0.2) is 42.5 Å². The molecular formula is C27H33N3O6. The molecule has 0 saturated carbocycles. The van der Waals surface area contributed by atoms with Gasteiger partial charge in [-0.3, -0.25) is 14.4 Å². The predicted octanol–water partition coefficient (Wildman–Crippen LogP) is 2.85. The zero-order valence-electron chi connectivity index (χ0n) is 20.9. The van der Waals surface area contributed by atoms with Crippen molar-refractivity contribution in [1.82, 2.24) is 15.5 Å². The number of ether oxygens (including phenoxy) is 3. The zero-order chi connectivity index (χ0) is 25.7. The lowest BCUT2D eigenvalue weighted by atomic mass is 9.88. The standard InChI is InChI=1S/C27H33N3O6/c1-17(2)15-28-26(32)24(29-25(31)19-7-8-22-23(14-19)36-16-35-22)18-9-11-30(12-10-18)27(33)20-5-4-6-21(13-20)34-3/h4-8,13-14,17-18,24H,9-12,15-16H2,1-3H3,(H,28,32)(H,29,31). The van der Waals surface area contributed by atoms with E-state index < -0.39 is 6.04 Å². The highest BCUT2D eigenvalue weighted by atomic mass is 16.7. The van der Waals surface area contributed by atoms with Gasteiger partial charge in [-0.25, -0.2) is 0 Å². The number of piperidine rings is 1. The highest BCUT2D eigenvalue weighted by molar-refractivity contribution is 5.98. The highest BCUT2D eigenvalue weighted by Crippen LogP contribution is 2.32. The Morgan fingerprint density at radius 1 is 1.03 bits per heavy atom. The van der Waals surface area contributed by atoms with E-state index >= 15 is 0 Å². The van der Waals surface area contributed by atoms with Crippen LogP contribution >= 0.6 is 0 Å². The van der Waals surface area contributed by atoms with Crippen molar-refractivity contribution < 1.29 is 28.6 Å². The molecule has 9 heteroatoms. The SMILES string of the molecule is COc1cccc(C(=O)N2CCC(C(NC(=O)c3ccc4c(c3)OCO4)C(=O)NCC(C)C)CC2)c1. The smallest absolute Gasteiger partial charge is 0.253 e. The molecule has 0 spiro atoms. The van der Waals surface area contributed by atoms with Gasteiger partial charge in [-0.2, -0.15) is 0 Å². The second-order valence-corrected chi connectivity index (χ2v) is 9.52. The molecule has 3 amide bonds. The van der Waals surface area contributed by atoms with Gasteiger partial charge in [0.05, 0.1) is 7.11 Å². The monoisotopic (exact) mass is 495 g/mol. The Hall–Kier alpha value is -3.75. The van der Waals surface area contributed by atoms with Crippen LogP contribution in [0, 0.1) is 11.8 Å². The fraction of sp³-hybridized carbons (Fsp3) is 0.444. The molecule has 1 atom stereocenters. The van der Waals surface area contributed by atoms with Crippen molar-refractivity contribution in [3.63, 3.8) is 0 Å². The number of likely N-dealkylation sites (tertiary alicyclic amines) is 1. The molecule has 192 valence electrons. The number of hydrogen-bond donors (Lipinski definition) is 2. The van der Waals surface area contributed by atoms with Crippen molar-refractivity contribution in [2.24, 2.45) is 11.8 Å². The van der Waals surface area contributed by atoms with Gasteiger partial charge < -0.3 is 29.7 Å². The summed E-state index contributed by atoms with van der Waals surface area (Å²) in [6.07, 6.45) is 1.19. The van der Waals surface area contributed by atoms with E-state index in [0.717, 1.165) is 0 Å². The summed E-state index contributed by atoms with van der Waals surface area (Å²) >= 11 is 0. The van der Waals surface area contributed by atoms with Gasteiger partial charge in [0.1, 0.15) is 11.8 Å². The van der Waals surface area contributed by atoms with Crippen molar-refractivity contribution in [3.05, 3.63) is 53.6 Å². The summed E-state index contributed by atoms with van der Waals surface area (Å²) in [7, 11) is 1.57. The van der Waals surface area contributed by atoms with Crippen molar-refractivity contribution in [3.8, 4) is 17.2 Å². The highest BCUT2D eigenvalue weighted by Gasteiger charge is 2.34. The number of benzene rings is 2. The Morgan fingerprint density at radius 2 is 1.78 bits per heavy atom. The molecule has 9 nitrogen and oxygen atoms in total. The molecule has 2 heterocycles. The number of hydrogen-bond acceptors (Lipinski definition) is 6. The topological polar surface area (TPSA) is 106 Å². The summed E-state index contributed by atoms with van der Waals surface area (Å²) in [5, 5.41) is 5.90. The van der Waals surface area contributed by atoms with E-state index in [0.29, 0.717) is 60.9 Å². The van der Waals surface area contributed by atoms with Gasteiger partial charge in [-0.05, 0) is 61.1 Å². The Morgan fingerprint density at radius 3 is 2.50 bits per heavy atom. The lowest BCUT2D eigenvalue weighted by Gasteiger charge is -2.36. The lowest BCUT2D eigenvalue weighted by Crippen LogP contribution is -2.54. The lowest BCUT2D eigenvalue weighted by molar-refractivity contribution is -0.124. The number of nitrogens with zero attached hydrogens (tertiary/aromatic N) is 1. The minimum atomic E-state index is -0.712. The molecule has 4 rings (SSSR count). The molecule has 1 saturated heterocycles. The predicted molar refractivity (Wildman–Crippen MR) is 133 cm³/mol. The maximum absolute atomic E-state index is 13.1. The van der Waals surface area contributed by atoms with E-state index in [-0.39, 0.29) is 36.4 Å². The van der Waals surface area contributed by atoms with Gasteiger partial charge in [-0.1, -0.05) is 19.9 Å². The van der Waals surface area contributed by atoms with Gasteiger partial charge in [-0.15, -0.1) is 0 Å². The first-order valence-electron chi connectivity index (χ1n) is 12.3. The zero-order valence-corrected chi connectivity index (χ0v) is 20.9. The maximum Gasteiger partial charge on any atom is 0.253 e. The number of fused-ring (bicyclic) bond motifs is 1. The van der Waals surface area contributed by atoms with Crippen LogP contribution in [0.25, 0.3) is 0 Å². The molecule has 0 radical (unpaired) electrons. The average molecular weight is 496 g/mol. The van der Waals surface area contributed by atoms with E-state index in [1.807, 2.05) is 13.8 Å². The van der Waals surface area contributed by atoms with Crippen molar-refractivity contribution >= 4 is 17.7 Å². The second-order valence-electron chi connectivity index (χ2n) is 9.52. The van der Waals surface area contributed by atoms with Gasteiger partial charge in [0.25, 0.3) is 11.8 Å². The summed E-state index contributed by atoms with van der Waals surface area (Å²) in [6, 6.07) is 11.3. The molecule has 0 aromatic heterocycles. The van der Waals surface area contributed by atoms with Gasteiger partial charge in [0.15, 0.2) is 11.5 Å². The quantitative estimate of drug-likeness (QED) is 0.583. The van der Waals surface area contributed by atoms with Gasteiger partial charge >= 0.3 is 0 Å². The van der Waals surface area contributed by atoms with Crippen molar-refractivity contribution in [1.29, 1.82) is 0 Å². The van der Waals surface area contributed by atoms with Crippen LogP contribution in [-0.4, -0.2) is 62.2 Å². The van der Waals surface area contributed by atoms with E-state index in [1.165, 1.54) is 0 Å². The normalized spacial score (nSPS) is 15.9. The summed E-state index contributed by atoms with van der Waals surface area (Å²) in [5.74, 6) is 1.26. The Bertz CT molecular complexity index is 1110. The number of methoxy groups -OCH3 is 1. The molecular weight excluding hydrogens is 462 g/mol. The molecule has 2 aromatic carbocycles. The van der Waals surface area contributed by atoms with Crippen LogP contribution in [0.2, 0.25) is 0 Å². The third-order valence-corrected chi connectivity index (χ3v) is 6.50. The fourth-order valence-electron chi connectivity index (χ4n) is 4.45. The number of nitrogens with one attached hydrogen (secondary N) is 2. The Kier molecular flexibility index (Phi) is 7.97. The molecule has 2 N–H and O–H groups in total. The summed E-state index contributed by atoms with van der Waals surface area (Å²) < 4.78 is 15.9. The third-order valence-electron chi connectivity index (χ3n) is 6.50. The van der Waals surface area contributed by atoms with E-state index in [9.17, 15) is 14.4 Å². The molecule has 2 aromatic rings. The molecule has 2 aliphatic heterocycles. The first-order chi connectivity index (χ1) is 17.4. The first kappa shape index (κ1) is 25.3. The third kappa shape index (κ3) is 5.90. The molecule has 36 heavy (non-hydrogen) atoms. The van der Waals surface area contributed by atoms with Crippen LogP contribution in [0.4, 0.5) is 0 Å². The first-order valence-corrected chi connectivity index (χ1v) is 12.3. The second kappa shape index (κ2) is 11.3. The van der Waals surface area contributed by atoms with Gasteiger partial charge in [0, 0.05) is 30.8 Å². The molecule has 1 unspecified atom stereocenters. The minimum absolute atomic E-state index is 0.0717. The number of amides is 3. The van der Waals surface area contributed by atoms with Gasteiger partial charge in [0.2, 0.25) is 12.7 Å². The molecule has 0 aliphatic carbocycles. The summed E-state index contributed by atoms with van der Waals surface area (Å²) in [5.41, 5.74) is 0.960. The largest absolute Gasteiger partial charge is 0.497 e. The average Bonchev–Trinajstić information content (AvgIpc) is 3.38. The van der Waals surface area contributed by atoms with Crippen LogP contribution < -0.4 is 24.8 Å². The summed E-state index contributed by atoms with van der Waals surface area (Å²) in [6.45, 7) is 5.66. The van der Waals surface area contributed by atoms with E-state index in [1.54, 1.807) is 54.5 Å². The van der Waals surface area contributed by atoms with Crippen LogP contribution in [0.5, 0.6) is 17.2 Å². The van der Waals surface area contributed by atoms with E-state index in [2.05, 4.69) is 10.6 Å². The molecule has 2 aliphatic rings. The van der Waals surface area contributed by atoms with Crippen LogP contribution in [-0.2, 0) is 4.79 Å². The Labute approximate surface area is 211 Å². The number of carbonyl (C=O) groups is 3.